The van der Waals surface area contributed by atoms with Crippen molar-refractivity contribution in [3.05, 3.63) is 6.33 Å². The second kappa shape index (κ2) is 3.37. The average Bonchev–Trinajstić information content (AvgIpc) is 2.56. The summed E-state index contributed by atoms with van der Waals surface area (Å²) < 4.78 is 3.97. The molecule has 2 heterocycles. The van der Waals surface area contributed by atoms with E-state index in [0.717, 1.165) is 24.6 Å². The van der Waals surface area contributed by atoms with E-state index in [0.29, 0.717) is 6.04 Å². The molecule has 0 bridgehead atoms. The molecule has 1 aromatic heterocycles. The van der Waals surface area contributed by atoms with Crippen LogP contribution in [0.15, 0.2) is 6.33 Å². The highest BCUT2D eigenvalue weighted by atomic mass is 32.1. The summed E-state index contributed by atoms with van der Waals surface area (Å²) in [6.45, 7) is 2.00. The number of aromatic nitrogens is 2. The Morgan fingerprint density at radius 3 is 3.25 bits per heavy atom. The van der Waals surface area contributed by atoms with Crippen LogP contribution in [0.5, 0.6) is 0 Å². The van der Waals surface area contributed by atoms with E-state index in [1.165, 1.54) is 18.0 Å². The van der Waals surface area contributed by atoms with Crippen LogP contribution in [0.2, 0.25) is 0 Å². The fraction of sp³-hybridized carbons (Fsp3) is 0.714. The van der Waals surface area contributed by atoms with Crippen molar-refractivity contribution in [1.29, 1.82) is 0 Å². The van der Waals surface area contributed by atoms with Gasteiger partial charge >= 0.3 is 0 Å². The van der Waals surface area contributed by atoms with Crippen molar-refractivity contribution in [3.63, 3.8) is 0 Å². The van der Waals surface area contributed by atoms with Gasteiger partial charge in [-0.1, -0.05) is 0 Å². The minimum Gasteiger partial charge on any atom is -0.345 e. The zero-order valence-corrected chi connectivity index (χ0v) is 7.63. The zero-order valence-electron chi connectivity index (χ0n) is 6.81. The number of nitrogens with zero attached hydrogens (tertiary/aromatic N) is 3. The van der Waals surface area contributed by atoms with Gasteiger partial charge in [0.15, 0.2) is 0 Å². The summed E-state index contributed by atoms with van der Waals surface area (Å²) in [5.41, 5.74) is 5.85. The molecule has 0 unspecified atom stereocenters. The predicted octanol–water partition coefficient (Wildman–Crippen LogP) is 0.466. The van der Waals surface area contributed by atoms with Crippen LogP contribution in [0.3, 0.4) is 0 Å². The summed E-state index contributed by atoms with van der Waals surface area (Å²) in [6.07, 6.45) is 3.90. The van der Waals surface area contributed by atoms with Crippen LogP contribution in [-0.2, 0) is 0 Å². The molecule has 2 rings (SSSR count). The minimum absolute atomic E-state index is 0.308. The fourth-order valence-corrected chi connectivity index (χ4v) is 2.05. The van der Waals surface area contributed by atoms with Gasteiger partial charge in [-0.2, -0.15) is 4.37 Å². The molecule has 1 aliphatic rings. The molecule has 1 fully saturated rings. The van der Waals surface area contributed by atoms with E-state index in [9.17, 15) is 0 Å². The van der Waals surface area contributed by atoms with Gasteiger partial charge in [0.1, 0.15) is 6.33 Å². The Hall–Kier alpha value is -0.680. The maximum atomic E-state index is 5.85. The lowest BCUT2D eigenvalue weighted by Gasteiger charge is -2.29. The second-order valence-electron chi connectivity index (χ2n) is 3.07. The second-order valence-corrected chi connectivity index (χ2v) is 3.83. The van der Waals surface area contributed by atoms with Crippen LogP contribution in [0, 0.1) is 0 Å². The molecule has 5 heteroatoms. The van der Waals surface area contributed by atoms with Crippen LogP contribution in [0.1, 0.15) is 12.8 Å². The lowest BCUT2D eigenvalue weighted by atomic mass is 10.1. The number of rotatable bonds is 1. The lowest BCUT2D eigenvalue weighted by molar-refractivity contribution is 0.505. The molecule has 0 aromatic carbocycles. The molecule has 1 saturated heterocycles. The van der Waals surface area contributed by atoms with E-state index in [1.807, 2.05) is 0 Å². The van der Waals surface area contributed by atoms with E-state index in [-0.39, 0.29) is 0 Å². The molecule has 0 aliphatic carbocycles. The molecule has 12 heavy (non-hydrogen) atoms. The molecule has 0 amide bonds. The quantitative estimate of drug-likeness (QED) is 0.689. The molecule has 1 aliphatic heterocycles. The van der Waals surface area contributed by atoms with Crippen LogP contribution >= 0.6 is 11.5 Å². The van der Waals surface area contributed by atoms with Crippen molar-refractivity contribution < 1.29 is 0 Å². The van der Waals surface area contributed by atoms with Crippen molar-refractivity contribution in [3.8, 4) is 0 Å². The van der Waals surface area contributed by atoms with Gasteiger partial charge in [-0.05, 0) is 12.8 Å². The van der Waals surface area contributed by atoms with Gasteiger partial charge in [-0.15, -0.1) is 0 Å². The first-order valence-electron chi connectivity index (χ1n) is 4.13. The SMILES string of the molecule is N[C@@H]1CCCN(c2ncns2)C1. The zero-order chi connectivity index (χ0) is 8.39. The monoisotopic (exact) mass is 184 g/mol. The number of anilines is 1. The topological polar surface area (TPSA) is 55.0 Å². The summed E-state index contributed by atoms with van der Waals surface area (Å²) in [4.78, 5) is 6.37. The third kappa shape index (κ3) is 1.56. The summed E-state index contributed by atoms with van der Waals surface area (Å²) >= 11 is 1.44. The third-order valence-electron chi connectivity index (χ3n) is 2.08. The molecule has 4 nitrogen and oxygen atoms in total. The van der Waals surface area contributed by atoms with Gasteiger partial charge in [0.2, 0.25) is 5.13 Å². The summed E-state index contributed by atoms with van der Waals surface area (Å²) in [5, 5.41) is 1.00. The van der Waals surface area contributed by atoms with E-state index in [4.69, 9.17) is 5.73 Å². The first kappa shape index (κ1) is 7.94. The van der Waals surface area contributed by atoms with E-state index in [2.05, 4.69) is 14.3 Å². The maximum Gasteiger partial charge on any atom is 0.204 e. The predicted molar refractivity (Wildman–Crippen MR) is 49.3 cm³/mol. The van der Waals surface area contributed by atoms with Gasteiger partial charge in [-0.3, -0.25) is 0 Å². The number of nitrogens with two attached hydrogens (primary N) is 1. The van der Waals surface area contributed by atoms with Crippen LogP contribution in [0.25, 0.3) is 0 Å². The van der Waals surface area contributed by atoms with E-state index in [1.54, 1.807) is 6.33 Å². The van der Waals surface area contributed by atoms with Gasteiger partial charge in [0.25, 0.3) is 0 Å². The highest BCUT2D eigenvalue weighted by Crippen LogP contribution is 2.19. The van der Waals surface area contributed by atoms with Crippen LogP contribution in [-0.4, -0.2) is 28.5 Å². The van der Waals surface area contributed by atoms with Gasteiger partial charge in [0.05, 0.1) is 0 Å². The lowest BCUT2D eigenvalue weighted by Crippen LogP contribution is -2.42. The summed E-state index contributed by atoms with van der Waals surface area (Å²) in [7, 11) is 0. The highest BCUT2D eigenvalue weighted by Gasteiger charge is 2.18. The van der Waals surface area contributed by atoms with E-state index < -0.39 is 0 Å². The molecule has 1 aromatic rings. The summed E-state index contributed by atoms with van der Waals surface area (Å²) in [6, 6.07) is 0.308. The van der Waals surface area contributed by atoms with Crippen LogP contribution in [0.4, 0.5) is 5.13 Å². The fourth-order valence-electron chi connectivity index (χ4n) is 1.49. The van der Waals surface area contributed by atoms with Crippen molar-refractivity contribution >= 4 is 16.7 Å². The standard InChI is InChI=1S/C7H12N4S/c8-6-2-1-3-11(4-6)7-9-5-10-12-7/h5-6H,1-4,8H2/t6-/m1/s1. The van der Waals surface area contributed by atoms with Crippen molar-refractivity contribution in [2.24, 2.45) is 5.73 Å². The minimum atomic E-state index is 0.308. The van der Waals surface area contributed by atoms with Crippen LogP contribution < -0.4 is 10.6 Å². The third-order valence-corrected chi connectivity index (χ3v) is 2.80. The molecule has 1 atom stereocenters. The Balaban J connectivity index is 2.04. The highest BCUT2D eigenvalue weighted by molar-refractivity contribution is 7.09. The first-order chi connectivity index (χ1) is 5.86. The molecular formula is C7H12N4S. The van der Waals surface area contributed by atoms with Crippen molar-refractivity contribution in [1.82, 2.24) is 9.36 Å². The van der Waals surface area contributed by atoms with E-state index >= 15 is 0 Å². The molecule has 66 valence electrons. The molecular weight excluding hydrogens is 172 g/mol. The molecule has 0 spiro atoms. The first-order valence-corrected chi connectivity index (χ1v) is 4.91. The average molecular weight is 184 g/mol. The number of hydrogen-bond acceptors (Lipinski definition) is 5. The molecule has 0 radical (unpaired) electrons. The molecule has 2 N–H and O–H groups in total. The maximum absolute atomic E-state index is 5.85. The normalized spacial score (nSPS) is 24.4. The Bertz CT molecular complexity index is 236. The number of piperidine rings is 1. The molecule has 0 saturated carbocycles. The van der Waals surface area contributed by atoms with Crippen molar-refractivity contribution in [2.75, 3.05) is 18.0 Å². The van der Waals surface area contributed by atoms with Crippen molar-refractivity contribution in [2.45, 2.75) is 18.9 Å². The largest absolute Gasteiger partial charge is 0.345 e. The van der Waals surface area contributed by atoms with Gasteiger partial charge in [0, 0.05) is 30.7 Å². The van der Waals surface area contributed by atoms with Gasteiger partial charge in [-0.25, -0.2) is 4.98 Å². The smallest absolute Gasteiger partial charge is 0.204 e. The summed E-state index contributed by atoms with van der Waals surface area (Å²) in [5.74, 6) is 0. The Morgan fingerprint density at radius 1 is 1.67 bits per heavy atom. The Kier molecular flexibility index (Phi) is 2.23. The number of hydrogen-bond donors (Lipinski definition) is 1. The van der Waals surface area contributed by atoms with Gasteiger partial charge < -0.3 is 10.6 Å². The Morgan fingerprint density at radius 2 is 2.58 bits per heavy atom. The Labute approximate surface area is 75.6 Å².